The molecule has 0 radical (unpaired) electrons. The Morgan fingerprint density at radius 2 is 1.82 bits per heavy atom. The molecule has 3 aromatic rings. The third-order valence-corrected chi connectivity index (χ3v) is 6.76. The predicted molar refractivity (Wildman–Crippen MR) is 116 cm³/mol. The molecule has 1 atom stereocenters. The van der Waals surface area contributed by atoms with E-state index in [2.05, 4.69) is 53.1 Å². The van der Waals surface area contributed by atoms with Crippen molar-refractivity contribution in [3.8, 4) is 11.3 Å². The predicted octanol–water partition coefficient (Wildman–Crippen LogP) is 4.97. The number of carbonyl (C=O) groups excluding carboxylic acids is 1. The van der Waals surface area contributed by atoms with Crippen LogP contribution in [-0.4, -0.2) is 42.2 Å². The van der Waals surface area contributed by atoms with Crippen molar-refractivity contribution in [2.24, 2.45) is 0 Å². The standard InChI is InChI=1S/C23H26N2O2S/c1-4-24(5-2)23(26)22-20-16-10-6-8-12-18(16)25(14-15-27-3)21(20)17-11-7-9-13-19(17)28-22/h6-13,22H,4-5,14-15H2,1-3H3/i3-1. The van der Waals surface area contributed by atoms with E-state index < -0.39 is 0 Å². The number of amides is 1. The minimum absolute atomic E-state index is 0.195. The largest absolute Gasteiger partial charge is 0.383 e. The molecule has 4 nitrogen and oxygen atoms in total. The molecular weight excluding hydrogens is 367 g/mol. The molecule has 1 aliphatic rings. The number of methoxy groups -OCH3 is 1. The van der Waals surface area contributed by atoms with Gasteiger partial charge in [-0.25, -0.2) is 0 Å². The number of para-hydroxylation sites is 1. The highest BCUT2D eigenvalue weighted by atomic mass is 32.2. The van der Waals surface area contributed by atoms with Crippen LogP contribution in [0.3, 0.4) is 0 Å². The number of fused-ring (bicyclic) bond motifs is 5. The Labute approximate surface area is 170 Å². The minimum atomic E-state index is -0.224. The van der Waals surface area contributed by atoms with E-state index in [1.54, 1.807) is 18.9 Å². The monoisotopic (exact) mass is 393 g/mol. The van der Waals surface area contributed by atoms with Crippen LogP contribution in [-0.2, 0) is 16.1 Å². The molecule has 1 unspecified atom stereocenters. The number of carbonyl (C=O) groups is 1. The second kappa shape index (κ2) is 8.02. The number of ether oxygens (including phenoxy) is 1. The van der Waals surface area contributed by atoms with E-state index in [1.165, 1.54) is 21.4 Å². The number of nitrogens with zero attached hydrogens (tertiary/aromatic N) is 2. The Hall–Kier alpha value is -2.24. The van der Waals surface area contributed by atoms with E-state index >= 15 is 0 Å². The Balaban J connectivity index is 1.99. The molecule has 5 heteroatoms. The lowest BCUT2D eigenvalue weighted by Gasteiger charge is -2.30. The number of thioether (sulfide) groups is 1. The van der Waals surface area contributed by atoms with Gasteiger partial charge in [-0.05, 0) is 26.0 Å². The Morgan fingerprint density at radius 1 is 1.11 bits per heavy atom. The van der Waals surface area contributed by atoms with Crippen molar-refractivity contribution in [2.75, 3.05) is 26.8 Å². The first-order chi connectivity index (χ1) is 13.7. The molecule has 146 valence electrons. The maximum atomic E-state index is 13.5. The van der Waals surface area contributed by atoms with E-state index in [4.69, 9.17) is 4.74 Å². The molecule has 1 aliphatic heterocycles. The molecular formula is C23H26N2O2S. The zero-order valence-electron chi connectivity index (χ0n) is 16.6. The zero-order chi connectivity index (χ0) is 19.7. The summed E-state index contributed by atoms with van der Waals surface area (Å²) >= 11 is 1.68. The van der Waals surface area contributed by atoms with Crippen molar-refractivity contribution in [3.63, 3.8) is 0 Å². The maximum absolute atomic E-state index is 13.5. The molecule has 2 aromatic carbocycles. The molecule has 1 amide bonds. The van der Waals surface area contributed by atoms with E-state index in [-0.39, 0.29) is 11.2 Å². The fourth-order valence-electron chi connectivity index (χ4n) is 4.13. The number of hydrogen-bond acceptors (Lipinski definition) is 3. The van der Waals surface area contributed by atoms with Crippen molar-refractivity contribution in [3.05, 3.63) is 54.1 Å². The molecule has 0 saturated carbocycles. The van der Waals surface area contributed by atoms with Crippen LogP contribution >= 0.6 is 11.8 Å². The molecule has 4 rings (SSSR count). The van der Waals surface area contributed by atoms with Gasteiger partial charge in [0.15, 0.2) is 0 Å². The van der Waals surface area contributed by atoms with E-state index in [0.29, 0.717) is 6.61 Å². The van der Waals surface area contributed by atoms with Crippen LogP contribution in [0.4, 0.5) is 0 Å². The zero-order valence-corrected chi connectivity index (χ0v) is 17.5. The van der Waals surface area contributed by atoms with Crippen LogP contribution in [0, 0.1) is 0 Å². The summed E-state index contributed by atoms with van der Waals surface area (Å²) in [4.78, 5) is 16.6. The highest BCUT2D eigenvalue weighted by Crippen LogP contribution is 2.53. The second-order valence-corrected chi connectivity index (χ2v) is 8.08. The van der Waals surface area contributed by atoms with Crippen molar-refractivity contribution in [1.82, 2.24) is 9.47 Å². The Kier molecular flexibility index (Phi) is 5.47. The number of benzene rings is 2. The average molecular weight is 394 g/mol. The van der Waals surface area contributed by atoms with Crippen LogP contribution in [0.1, 0.15) is 24.7 Å². The first-order valence-corrected chi connectivity index (χ1v) is 10.7. The number of hydrogen-bond donors (Lipinski definition) is 0. The van der Waals surface area contributed by atoms with Gasteiger partial charge in [0.1, 0.15) is 5.25 Å². The Bertz CT molecular complexity index is 1010. The van der Waals surface area contributed by atoms with Gasteiger partial charge in [-0.1, -0.05) is 36.4 Å². The molecule has 0 aliphatic carbocycles. The van der Waals surface area contributed by atoms with Crippen molar-refractivity contribution in [1.29, 1.82) is 0 Å². The fourth-order valence-corrected chi connectivity index (χ4v) is 5.44. The van der Waals surface area contributed by atoms with Crippen LogP contribution in [0.15, 0.2) is 53.4 Å². The number of rotatable bonds is 6. The summed E-state index contributed by atoms with van der Waals surface area (Å²) in [7, 11) is 1.73. The average Bonchev–Trinajstić information content (AvgIpc) is 3.07. The lowest BCUT2D eigenvalue weighted by atomic mass is 10.0. The topological polar surface area (TPSA) is 34.5 Å². The molecule has 28 heavy (non-hydrogen) atoms. The highest BCUT2D eigenvalue weighted by molar-refractivity contribution is 8.00. The summed E-state index contributed by atoms with van der Waals surface area (Å²) < 4.78 is 7.72. The van der Waals surface area contributed by atoms with E-state index in [9.17, 15) is 4.79 Å². The molecule has 2 heterocycles. The van der Waals surface area contributed by atoms with Gasteiger partial charge in [-0.15, -0.1) is 11.8 Å². The molecule has 0 fully saturated rings. The normalized spacial score (nSPS) is 15.3. The van der Waals surface area contributed by atoms with Crippen molar-refractivity contribution < 1.29 is 9.53 Å². The van der Waals surface area contributed by atoms with Crippen molar-refractivity contribution >= 4 is 28.6 Å². The summed E-state index contributed by atoms with van der Waals surface area (Å²) in [6.45, 7) is 6.95. The number of aromatic nitrogens is 1. The molecule has 0 bridgehead atoms. The summed E-state index contributed by atoms with van der Waals surface area (Å²) in [5.74, 6) is 0.195. The number of likely N-dealkylation sites (N-methyl/N-ethyl adjacent to an activating group) is 1. The maximum Gasteiger partial charge on any atom is 0.240 e. The van der Waals surface area contributed by atoms with Crippen LogP contribution in [0.5, 0.6) is 0 Å². The van der Waals surface area contributed by atoms with Crippen LogP contribution in [0.2, 0.25) is 0 Å². The van der Waals surface area contributed by atoms with Crippen LogP contribution < -0.4 is 0 Å². The first-order valence-electron chi connectivity index (χ1n) is 9.86. The summed E-state index contributed by atoms with van der Waals surface area (Å²) in [5.41, 5.74) is 4.68. The SMILES string of the molecule is CCN(CC)C(=O)C1Sc2ccccc2-c2c1c1ccccc1n2CCO[11CH3]. The second-order valence-electron chi connectivity index (χ2n) is 6.93. The summed E-state index contributed by atoms with van der Waals surface area (Å²) in [6.07, 6.45) is 0. The summed E-state index contributed by atoms with van der Waals surface area (Å²) in [6, 6.07) is 16.9. The van der Waals surface area contributed by atoms with E-state index in [0.717, 1.165) is 30.9 Å². The molecule has 0 saturated heterocycles. The lowest BCUT2D eigenvalue weighted by molar-refractivity contribution is -0.130. The van der Waals surface area contributed by atoms with Gasteiger partial charge in [0.05, 0.1) is 12.3 Å². The van der Waals surface area contributed by atoms with Gasteiger partial charge in [0.2, 0.25) is 5.91 Å². The smallest absolute Gasteiger partial charge is 0.240 e. The lowest BCUT2D eigenvalue weighted by Crippen LogP contribution is -2.34. The van der Waals surface area contributed by atoms with E-state index in [1.807, 2.05) is 18.7 Å². The molecule has 0 spiro atoms. The first kappa shape index (κ1) is 19.1. The van der Waals surface area contributed by atoms with Crippen molar-refractivity contribution in [2.45, 2.75) is 30.5 Å². The van der Waals surface area contributed by atoms with Crippen LogP contribution in [0.25, 0.3) is 22.2 Å². The third kappa shape index (κ3) is 3.03. The molecule has 1 aromatic heterocycles. The minimum Gasteiger partial charge on any atom is -0.383 e. The van der Waals surface area contributed by atoms with Gasteiger partial charge in [0.25, 0.3) is 0 Å². The van der Waals surface area contributed by atoms with Gasteiger partial charge < -0.3 is 14.2 Å². The third-order valence-electron chi connectivity index (χ3n) is 5.48. The summed E-state index contributed by atoms with van der Waals surface area (Å²) in [5, 5.41) is 0.944. The van der Waals surface area contributed by atoms with Gasteiger partial charge in [0, 0.05) is 53.7 Å². The highest BCUT2D eigenvalue weighted by Gasteiger charge is 2.36. The molecule has 0 N–H and O–H groups in total. The Morgan fingerprint density at radius 3 is 2.57 bits per heavy atom. The van der Waals surface area contributed by atoms with Gasteiger partial charge in [-0.2, -0.15) is 0 Å². The fraction of sp³-hybridized carbons (Fsp3) is 0.348. The van der Waals surface area contributed by atoms with Gasteiger partial charge >= 0.3 is 0 Å². The van der Waals surface area contributed by atoms with Gasteiger partial charge in [-0.3, -0.25) is 4.79 Å². The quantitative estimate of drug-likeness (QED) is 0.593.